The van der Waals surface area contributed by atoms with Crippen molar-refractivity contribution in [2.75, 3.05) is 5.32 Å². The van der Waals surface area contributed by atoms with Gasteiger partial charge >= 0.3 is 5.97 Å². The molecule has 0 radical (unpaired) electrons. The SMILES string of the molecule is O=C(O)C(Nc1ccccc1F)c1cc(Cl)ccc1Br. The monoisotopic (exact) mass is 357 g/mol. The van der Waals surface area contributed by atoms with Crippen LogP contribution < -0.4 is 5.32 Å². The lowest BCUT2D eigenvalue weighted by Crippen LogP contribution is -2.21. The Bertz CT molecular complexity index is 651. The van der Waals surface area contributed by atoms with E-state index in [0.29, 0.717) is 15.1 Å². The van der Waals surface area contributed by atoms with E-state index in [1.807, 2.05) is 0 Å². The van der Waals surface area contributed by atoms with Gasteiger partial charge in [-0.05, 0) is 30.3 Å². The van der Waals surface area contributed by atoms with Crippen LogP contribution in [0.2, 0.25) is 5.02 Å². The van der Waals surface area contributed by atoms with E-state index >= 15 is 0 Å². The molecule has 6 heteroatoms. The number of halogens is 3. The number of carboxylic acid groups (broad SMARTS) is 1. The Morgan fingerprint density at radius 1 is 1.30 bits per heavy atom. The molecule has 3 nitrogen and oxygen atoms in total. The van der Waals surface area contributed by atoms with Gasteiger partial charge in [0.05, 0.1) is 5.69 Å². The van der Waals surface area contributed by atoms with Crippen LogP contribution in [0, 0.1) is 5.82 Å². The van der Waals surface area contributed by atoms with Crippen LogP contribution in [-0.4, -0.2) is 11.1 Å². The summed E-state index contributed by atoms with van der Waals surface area (Å²) in [6.45, 7) is 0. The number of hydrogen-bond acceptors (Lipinski definition) is 2. The highest BCUT2D eigenvalue weighted by atomic mass is 79.9. The molecule has 2 rings (SSSR count). The van der Waals surface area contributed by atoms with Crippen molar-refractivity contribution in [3.63, 3.8) is 0 Å². The van der Waals surface area contributed by atoms with Crippen molar-refractivity contribution in [2.45, 2.75) is 6.04 Å². The third kappa shape index (κ3) is 3.29. The van der Waals surface area contributed by atoms with E-state index in [-0.39, 0.29) is 5.69 Å². The van der Waals surface area contributed by atoms with E-state index in [2.05, 4.69) is 21.2 Å². The molecule has 104 valence electrons. The molecular formula is C14H10BrClFNO2. The molecule has 2 N–H and O–H groups in total. The summed E-state index contributed by atoms with van der Waals surface area (Å²) in [4.78, 5) is 11.4. The van der Waals surface area contributed by atoms with Crippen LogP contribution in [0.15, 0.2) is 46.9 Å². The molecule has 0 aromatic heterocycles. The number of para-hydroxylation sites is 1. The van der Waals surface area contributed by atoms with E-state index in [9.17, 15) is 14.3 Å². The molecule has 0 fully saturated rings. The largest absolute Gasteiger partial charge is 0.479 e. The van der Waals surface area contributed by atoms with Crippen LogP contribution in [-0.2, 0) is 4.79 Å². The molecule has 2 aromatic rings. The third-order valence-electron chi connectivity index (χ3n) is 2.69. The van der Waals surface area contributed by atoms with Crippen molar-refractivity contribution in [2.24, 2.45) is 0 Å². The Morgan fingerprint density at radius 2 is 2.00 bits per heavy atom. The highest BCUT2D eigenvalue weighted by Crippen LogP contribution is 2.30. The van der Waals surface area contributed by atoms with Gasteiger partial charge in [0, 0.05) is 15.1 Å². The summed E-state index contributed by atoms with van der Waals surface area (Å²) in [6, 6.07) is 9.59. The van der Waals surface area contributed by atoms with E-state index in [1.165, 1.54) is 24.3 Å². The van der Waals surface area contributed by atoms with E-state index in [4.69, 9.17) is 11.6 Å². The number of aliphatic carboxylic acids is 1. The van der Waals surface area contributed by atoms with Crippen molar-refractivity contribution >= 4 is 39.2 Å². The van der Waals surface area contributed by atoms with Gasteiger partial charge in [-0.15, -0.1) is 0 Å². The van der Waals surface area contributed by atoms with Gasteiger partial charge in [-0.25, -0.2) is 9.18 Å². The molecule has 0 bridgehead atoms. The Kier molecular flexibility index (Phi) is 4.62. The molecule has 0 heterocycles. The minimum Gasteiger partial charge on any atom is -0.479 e. The maximum atomic E-state index is 13.6. The number of carboxylic acids is 1. The molecule has 0 amide bonds. The lowest BCUT2D eigenvalue weighted by atomic mass is 10.1. The zero-order chi connectivity index (χ0) is 14.7. The average Bonchev–Trinajstić information content (AvgIpc) is 2.40. The van der Waals surface area contributed by atoms with Crippen molar-refractivity contribution in [3.05, 3.63) is 63.3 Å². The summed E-state index contributed by atoms with van der Waals surface area (Å²) in [5.41, 5.74) is 0.542. The molecule has 0 aliphatic heterocycles. The fourth-order valence-corrected chi connectivity index (χ4v) is 2.40. The third-order valence-corrected chi connectivity index (χ3v) is 3.65. The standard InChI is InChI=1S/C14H10BrClFNO2/c15-10-6-5-8(16)7-9(10)13(14(19)20)18-12-4-2-1-3-11(12)17/h1-7,13,18H,(H,19,20). The minimum absolute atomic E-state index is 0.117. The smallest absolute Gasteiger partial charge is 0.330 e. The van der Waals surface area contributed by atoms with Crippen molar-refractivity contribution in [3.8, 4) is 0 Å². The number of rotatable bonds is 4. The Hall–Kier alpha value is -1.59. The van der Waals surface area contributed by atoms with Crippen molar-refractivity contribution in [1.29, 1.82) is 0 Å². The average molecular weight is 359 g/mol. The zero-order valence-electron chi connectivity index (χ0n) is 10.1. The fraction of sp³-hybridized carbons (Fsp3) is 0.0714. The Labute approximate surface area is 128 Å². The Balaban J connectivity index is 2.40. The highest BCUT2D eigenvalue weighted by Gasteiger charge is 2.23. The van der Waals surface area contributed by atoms with Gasteiger partial charge in [0.25, 0.3) is 0 Å². The summed E-state index contributed by atoms with van der Waals surface area (Å²) in [5, 5.41) is 12.4. The first-order valence-electron chi connectivity index (χ1n) is 5.68. The molecule has 0 aliphatic rings. The summed E-state index contributed by atoms with van der Waals surface area (Å²) in [7, 11) is 0. The van der Waals surface area contributed by atoms with Crippen molar-refractivity contribution < 1.29 is 14.3 Å². The molecule has 2 aromatic carbocycles. The van der Waals surface area contributed by atoms with Gasteiger partial charge in [-0.1, -0.05) is 39.7 Å². The molecular weight excluding hydrogens is 349 g/mol. The summed E-state index contributed by atoms with van der Waals surface area (Å²) < 4.78 is 14.2. The van der Waals surface area contributed by atoms with Gasteiger partial charge < -0.3 is 10.4 Å². The van der Waals surface area contributed by atoms with Crippen LogP contribution in [0.25, 0.3) is 0 Å². The lowest BCUT2D eigenvalue weighted by molar-refractivity contribution is -0.138. The van der Waals surface area contributed by atoms with Crippen LogP contribution in [0.4, 0.5) is 10.1 Å². The number of hydrogen-bond donors (Lipinski definition) is 2. The predicted octanol–water partition coefficient (Wildman–Crippen LogP) is 4.48. The second-order valence-corrected chi connectivity index (χ2v) is 5.35. The first kappa shape index (κ1) is 14.8. The first-order chi connectivity index (χ1) is 9.49. The lowest BCUT2D eigenvalue weighted by Gasteiger charge is -2.18. The maximum absolute atomic E-state index is 13.6. The van der Waals surface area contributed by atoms with Crippen LogP contribution in [0.5, 0.6) is 0 Å². The van der Waals surface area contributed by atoms with Gasteiger partial charge in [0.15, 0.2) is 6.04 Å². The minimum atomic E-state index is -1.13. The van der Waals surface area contributed by atoms with Gasteiger partial charge in [-0.2, -0.15) is 0 Å². The van der Waals surface area contributed by atoms with Crippen molar-refractivity contribution in [1.82, 2.24) is 0 Å². The zero-order valence-corrected chi connectivity index (χ0v) is 12.5. The topological polar surface area (TPSA) is 49.3 Å². The fourth-order valence-electron chi connectivity index (χ4n) is 1.74. The normalized spacial score (nSPS) is 11.9. The summed E-state index contributed by atoms with van der Waals surface area (Å²) >= 11 is 9.16. The van der Waals surface area contributed by atoms with Gasteiger partial charge in [-0.3, -0.25) is 0 Å². The second-order valence-electron chi connectivity index (χ2n) is 4.06. The number of carbonyl (C=O) groups is 1. The highest BCUT2D eigenvalue weighted by molar-refractivity contribution is 9.10. The quantitative estimate of drug-likeness (QED) is 0.847. The van der Waals surface area contributed by atoms with E-state index in [1.54, 1.807) is 18.2 Å². The first-order valence-corrected chi connectivity index (χ1v) is 6.85. The van der Waals surface area contributed by atoms with E-state index < -0.39 is 17.8 Å². The summed E-state index contributed by atoms with van der Waals surface area (Å²) in [5.74, 6) is -1.65. The van der Waals surface area contributed by atoms with Crippen LogP contribution in [0.3, 0.4) is 0 Å². The number of anilines is 1. The molecule has 1 unspecified atom stereocenters. The molecule has 0 spiro atoms. The molecule has 20 heavy (non-hydrogen) atoms. The molecule has 0 saturated carbocycles. The molecule has 0 saturated heterocycles. The Morgan fingerprint density at radius 3 is 2.65 bits per heavy atom. The summed E-state index contributed by atoms with van der Waals surface area (Å²) in [6.07, 6.45) is 0. The maximum Gasteiger partial charge on any atom is 0.330 e. The van der Waals surface area contributed by atoms with Gasteiger partial charge in [0.1, 0.15) is 5.82 Å². The second kappa shape index (κ2) is 6.24. The number of nitrogens with one attached hydrogen (secondary N) is 1. The molecule has 1 atom stereocenters. The van der Waals surface area contributed by atoms with Gasteiger partial charge in [0.2, 0.25) is 0 Å². The number of benzene rings is 2. The van der Waals surface area contributed by atoms with Crippen LogP contribution in [0.1, 0.15) is 11.6 Å². The van der Waals surface area contributed by atoms with Crippen LogP contribution >= 0.6 is 27.5 Å². The molecule has 0 aliphatic carbocycles. The predicted molar refractivity (Wildman–Crippen MR) is 79.6 cm³/mol. The van der Waals surface area contributed by atoms with E-state index in [0.717, 1.165) is 0 Å².